The third-order valence-corrected chi connectivity index (χ3v) is 10.7. The minimum Gasteiger partial charge on any atom is -0.481 e. The summed E-state index contributed by atoms with van der Waals surface area (Å²) in [6.07, 6.45) is 1.14. The lowest BCUT2D eigenvalue weighted by Gasteiger charge is -2.34. The van der Waals surface area contributed by atoms with Gasteiger partial charge in [-0.2, -0.15) is 5.10 Å². The van der Waals surface area contributed by atoms with E-state index in [0.29, 0.717) is 25.9 Å². The molecule has 4 aromatic rings. The largest absolute Gasteiger partial charge is 0.481 e. The smallest absolute Gasteiger partial charge is 0.261 e. The van der Waals surface area contributed by atoms with Gasteiger partial charge in [0.05, 0.1) is 32.7 Å². The average Bonchev–Trinajstić information content (AvgIpc) is 3.59. The molecule has 1 saturated heterocycles. The summed E-state index contributed by atoms with van der Waals surface area (Å²) < 4.78 is 33.3. The van der Waals surface area contributed by atoms with E-state index in [4.69, 9.17) is 21.3 Å². The lowest BCUT2D eigenvalue weighted by Crippen LogP contribution is -2.43. The molecular formula is C23H24ClN7O4S3. The number of fused-ring (bicyclic) bond motifs is 3. The summed E-state index contributed by atoms with van der Waals surface area (Å²) in [5.41, 5.74) is 2.68. The second-order valence-electron chi connectivity index (χ2n) is 9.17. The molecule has 0 bridgehead atoms. The number of carbonyl (C=O) groups excluding carboxylic acids is 1. The van der Waals surface area contributed by atoms with E-state index in [2.05, 4.69) is 15.1 Å². The molecular weight excluding hydrogens is 570 g/mol. The maximum absolute atomic E-state index is 13.6. The van der Waals surface area contributed by atoms with Crippen molar-refractivity contribution in [3.05, 3.63) is 49.3 Å². The Kier molecular flexibility index (Phi) is 6.32. The quantitative estimate of drug-likeness (QED) is 0.323. The molecule has 0 saturated carbocycles. The maximum atomic E-state index is 13.6. The molecule has 1 atom stereocenters. The number of aromatic nitrogens is 5. The fourth-order valence-electron chi connectivity index (χ4n) is 4.98. The summed E-state index contributed by atoms with van der Waals surface area (Å²) in [7, 11) is -3.38. The fourth-order valence-corrected chi connectivity index (χ4v) is 8.50. The summed E-state index contributed by atoms with van der Waals surface area (Å²) in [6, 6.07) is 2.70. The van der Waals surface area contributed by atoms with Crippen LogP contribution in [0.2, 0.25) is 5.15 Å². The molecule has 4 aromatic heterocycles. The minimum absolute atomic E-state index is 0.000691. The number of hydrogen-bond donors (Lipinski definition) is 0. The van der Waals surface area contributed by atoms with Crippen LogP contribution >= 0.6 is 34.3 Å². The predicted octanol–water partition coefficient (Wildman–Crippen LogP) is 3.31. The molecule has 0 aliphatic carbocycles. The number of thiazole rings is 1. The number of carbonyl (C=O) groups is 1. The summed E-state index contributed by atoms with van der Waals surface area (Å²) in [4.78, 5) is 30.8. The Balaban J connectivity index is 1.28. The number of imidazole rings is 1. The van der Waals surface area contributed by atoms with Gasteiger partial charge in [0.15, 0.2) is 17.5 Å². The van der Waals surface area contributed by atoms with Gasteiger partial charge in [-0.25, -0.2) is 27.9 Å². The third kappa shape index (κ3) is 4.32. The van der Waals surface area contributed by atoms with Crippen molar-refractivity contribution in [2.75, 3.05) is 29.8 Å². The van der Waals surface area contributed by atoms with Crippen molar-refractivity contribution in [2.45, 2.75) is 39.7 Å². The first-order valence-electron chi connectivity index (χ1n) is 12.0. The summed E-state index contributed by atoms with van der Waals surface area (Å²) in [5.74, 6) is 0.311. The van der Waals surface area contributed by atoms with Crippen molar-refractivity contribution >= 4 is 61.0 Å². The van der Waals surface area contributed by atoms with Gasteiger partial charge in [0.25, 0.3) is 5.91 Å². The third-order valence-electron chi connectivity index (χ3n) is 6.59. The predicted molar refractivity (Wildman–Crippen MR) is 145 cm³/mol. The summed E-state index contributed by atoms with van der Waals surface area (Å²) >= 11 is 9.41. The van der Waals surface area contributed by atoms with Crippen LogP contribution in [0.3, 0.4) is 0 Å². The van der Waals surface area contributed by atoms with Crippen LogP contribution in [0.1, 0.15) is 44.4 Å². The van der Waals surface area contributed by atoms with Gasteiger partial charge in [-0.15, -0.1) is 11.3 Å². The van der Waals surface area contributed by atoms with E-state index < -0.39 is 16.1 Å². The highest BCUT2D eigenvalue weighted by atomic mass is 35.5. The Hall–Kier alpha value is -2.81. The molecule has 0 spiro atoms. The molecule has 1 fully saturated rings. The zero-order valence-electron chi connectivity index (χ0n) is 20.8. The number of pyridine rings is 1. The second-order valence-corrected chi connectivity index (χ2v) is 13.9. The number of aryl methyl sites for hydroxylation is 3. The van der Waals surface area contributed by atoms with E-state index in [9.17, 15) is 13.2 Å². The van der Waals surface area contributed by atoms with Crippen molar-refractivity contribution in [2.24, 2.45) is 0 Å². The molecule has 2 aliphatic heterocycles. The van der Waals surface area contributed by atoms with Crippen LogP contribution in [0.4, 0.5) is 5.82 Å². The van der Waals surface area contributed by atoms with Crippen LogP contribution in [0.25, 0.3) is 4.96 Å². The van der Waals surface area contributed by atoms with Crippen LogP contribution in [0, 0.1) is 20.8 Å². The highest BCUT2D eigenvalue weighted by molar-refractivity contribution is 7.93. The second kappa shape index (κ2) is 9.43. The first-order chi connectivity index (χ1) is 18.1. The number of ether oxygens (including phenoxy) is 1. The lowest BCUT2D eigenvalue weighted by molar-refractivity contribution is -0.135. The number of anilines is 1. The standard InChI is InChI=1S/C23H24ClN7O4S3/c1-12-21(36-13(2)25-12)20-19-15(26-23-31(19)28-14(3)37-23)7-9-29(20)18(32)11-35-16-5-6-17(27-22(16)24)30-8-4-10-38(30,33)34/h5-6,20H,4,7-11H2,1-3H3. The molecule has 11 nitrogen and oxygen atoms in total. The van der Waals surface area contributed by atoms with Gasteiger partial charge >= 0.3 is 0 Å². The van der Waals surface area contributed by atoms with Gasteiger partial charge < -0.3 is 9.64 Å². The van der Waals surface area contributed by atoms with E-state index in [-0.39, 0.29) is 35.0 Å². The zero-order chi connectivity index (χ0) is 26.8. The van der Waals surface area contributed by atoms with E-state index >= 15 is 0 Å². The molecule has 6 heterocycles. The van der Waals surface area contributed by atoms with Gasteiger partial charge in [0.2, 0.25) is 15.0 Å². The van der Waals surface area contributed by atoms with Crippen molar-refractivity contribution < 1.29 is 17.9 Å². The van der Waals surface area contributed by atoms with E-state index in [1.54, 1.807) is 28.4 Å². The van der Waals surface area contributed by atoms with Gasteiger partial charge in [-0.1, -0.05) is 22.9 Å². The first kappa shape index (κ1) is 25.5. The molecule has 0 aromatic carbocycles. The van der Waals surface area contributed by atoms with Crippen LogP contribution in [-0.4, -0.2) is 69.2 Å². The number of sulfonamides is 1. The van der Waals surface area contributed by atoms with E-state index in [1.807, 2.05) is 25.3 Å². The maximum Gasteiger partial charge on any atom is 0.261 e. The Bertz CT molecular complexity index is 1680. The normalized spacial score (nSPS) is 18.8. The molecule has 0 radical (unpaired) electrons. The van der Waals surface area contributed by atoms with Gasteiger partial charge in [-0.05, 0) is 39.3 Å². The SMILES string of the molecule is Cc1nc(C)c(C2c3c(nc4sc(C)nn34)CCN2C(=O)COc2ccc(N3CCCS3(=O)=O)nc2Cl)s1. The van der Waals surface area contributed by atoms with Crippen molar-refractivity contribution in [1.29, 1.82) is 0 Å². The monoisotopic (exact) mass is 593 g/mol. The van der Waals surface area contributed by atoms with Crippen LogP contribution < -0.4 is 9.04 Å². The van der Waals surface area contributed by atoms with Gasteiger partial charge in [0.1, 0.15) is 16.9 Å². The van der Waals surface area contributed by atoms with Gasteiger partial charge in [-0.3, -0.25) is 9.10 Å². The molecule has 0 N–H and O–H groups in total. The Morgan fingerprint density at radius 2 is 1.95 bits per heavy atom. The number of rotatable bonds is 5. The molecule has 200 valence electrons. The lowest BCUT2D eigenvalue weighted by atomic mass is 10.00. The molecule has 1 amide bonds. The number of halogens is 1. The minimum atomic E-state index is -3.38. The van der Waals surface area contributed by atoms with Crippen LogP contribution in [0.5, 0.6) is 5.75 Å². The first-order valence-corrected chi connectivity index (χ1v) is 15.6. The Morgan fingerprint density at radius 3 is 2.63 bits per heavy atom. The number of amides is 1. The molecule has 6 rings (SSSR count). The van der Waals surface area contributed by atoms with Crippen LogP contribution in [-0.2, 0) is 21.2 Å². The Labute approximate surface area is 232 Å². The van der Waals surface area contributed by atoms with Crippen LogP contribution in [0.15, 0.2) is 12.1 Å². The van der Waals surface area contributed by atoms with E-state index in [1.165, 1.54) is 15.6 Å². The molecule has 2 aliphatic rings. The molecule has 38 heavy (non-hydrogen) atoms. The van der Waals surface area contributed by atoms with Crippen molar-refractivity contribution in [1.82, 2.24) is 29.5 Å². The topological polar surface area (TPSA) is 123 Å². The van der Waals surface area contributed by atoms with E-state index in [0.717, 1.165) is 36.9 Å². The average molecular weight is 594 g/mol. The number of nitrogens with zero attached hydrogens (tertiary/aromatic N) is 7. The highest BCUT2D eigenvalue weighted by Gasteiger charge is 2.39. The Morgan fingerprint density at radius 1 is 1.13 bits per heavy atom. The van der Waals surface area contributed by atoms with Crippen molar-refractivity contribution in [3.8, 4) is 5.75 Å². The zero-order valence-corrected chi connectivity index (χ0v) is 24.0. The van der Waals surface area contributed by atoms with Crippen molar-refractivity contribution in [3.63, 3.8) is 0 Å². The molecule has 1 unspecified atom stereocenters. The highest BCUT2D eigenvalue weighted by Crippen LogP contribution is 2.40. The summed E-state index contributed by atoms with van der Waals surface area (Å²) in [5, 5.41) is 6.48. The fraction of sp³-hybridized carbons (Fsp3) is 0.435. The molecule has 15 heteroatoms. The number of hydrogen-bond acceptors (Lipinski definition) is 10. The summed E-state index contributed by atoms with van der Waals surface area (Å²) in [6.45, 7) is 6.40. The van der Waals surface area contributed by atoms with Gasteiger partial charge in [0, 0.05) is 19.5 Å².